The molecule has 2 heterocycles. The van der Waals surface area contributed by atoms with Crippen LogP contribution in [0.4, 0.5) is 10.1 Å². The standard InChI is InChI=1S/C33H43FN6O/c1-20-18-39(13-12-35-20)32(38-29-16-24-15-28(22(29)3)33(24,4)5)37-26-10-11-27-30(17-26)36-19-40(31(27)41)21(2)14-23-6-8-25(34)9-7-23/h6-11,17,19-22,24,28-29,35H,12-16,18H2,1-5H3,(H,37,38)/t20-,21+,22-,24+,28-,29?/m0/s1. The van der Waals surface area contributed by atoms with Gasteiger partial charge in [0.25, 0.3) is 5.56 Å². The van der Waals surface area contributed by atoms with Crippen molar-refractivity contribution in [3.8, 4) is 0 Å². The summed E-state index contributed by atoms with van der Waals surface area (Å²) in [6.07, 6.45) is 4.73. The summed E-state index contributed by atoms with van der Waals surface area (Å²) in [4.78, 5) is 25.8. The molecule has 7 rings (SSSR count). The number of anilines is 1. The molecule has 1 aromatic heterocycles. The van der Waals surface area contributed by atoms with Gasteiger partial charge in [-0.15, -0.1) is 0 Å². The SMILES string of the molecule is C[C@@H]1C(/N=C(/Nc2ccc3c(=O)n([C@H](C)Cc4ccc(F)cc4)cnc3c2)N2CCN[C@@H](C)C2)C[C@H]2C[C@@H]1C2(C)C. The average molecular weight is 559 g/mol. The Kier molecular flexibility index (Phi) is 7.39. The Morgan fingerprint density at radius 1 is 1.20 bits per heavy atom. The predicted octanol–water partition coefficient (Wildman–Crippen LogP) is 5.47. The number of piperazine rings is 1. The van der Waals surface area contributed by atoms with Crippen LogP contribution in [-0.2, 0) is 6.42 Å². The quantitative estimate of drug-likeness (QED) is 0.321. The average Bonchev–Trinajstić information content (AvgIpc) is 2.94. The van der Waals surface area contributed by atoms with Gasteiger partial charge in [-0.3, -0.25) is 9.36 Å². The Hall–Kier alpha value is -3.26. The first-order valence-electron chi connectivity index (χ1n) is 15.2. The van der Waals surface area contributed by atoms with Crippen LogP contribution in [-0.4, -0.2) is 52.1 Å². The topological polar surface area (TPSA) is 74.5 Å². The summed E-state index contributed by atoms with van der Waals surface area (Å²) in [5, 5.41) is 7.77. The molecule has 2 N–H and O–H groups in total. The molecule has 0 radical (unpaired) electrons. The van der Waals surface area contributed by atoms with Gasteiger partial charge in [0, 0.05) is 37.4 Å². The van der Waals surface area contributed by atoms with Gasteiger partial charge in [0.15, 0.2) is 5.96 Å². The van der Waals surface area contributed by atoms with E-state index >= 15 is 0 Å². The summed E-state index contributed by atoms with van der Waals surface area (Å²) in [5.74, 6) is 2.70. The van der Waals surface area contributed by atoms with Gasteiger partial charge in [-0.1, -0.05) is 32.9 Å². The Morgan fingerprint density at radius 2 is 1.98 bits per heavy atom. The maximum absolute atomic E-state index is 13.4. The smallest absolute Gasteiger partial charge is 0.261 e. The fraction of sp³-hybridized carbons (Fsp3) is 0.545. The number of fused-ring (bicyclic) bond motifs is 3. The third kappa shape index (κ3) is 5.39. The van der Waals surface area contributed by atoms with Crippen LogP contribution in [0, 0.1) is 29.0 Å². The minimum absolute atomic E-state index is 0.0705. The lowest BCUT2D eigenvalue weighted by Crippen LogP contribution is -2.57. The minimum Gasteiger partial charge on any atom is -0.340 e. The van der Waals surface area contributed by atoms with Crippen LogP contribution in [0.25, 0.3) is 10.9 Å². The summed E-state index contributed by atoms with van der Waals surface area (Å²) < 4.78 is 15.0. The van der Waals surface area contributed by atoms with Crippen LogP contribution in [0.5, 0.6) is 0 Å². The third-order valence-electron chi connectivity index (χ3n) is 10.2. The first-order valence-corrected chi connectivity index (χ1v) is 15.2. The van der Waals surface area contributed by atoms with Gasteiger partial charge in [-0.25, -0.2) is 14.4 Å². The molecule has 218 valence electrons. The van der Waals surface area contributed by atoms with Crippen LogP contribution in [0.2, 0.25) is 0 Å². The maximum Gasteiger partial charge on any atom is 0.261 e. The lowest BCUT2D eigenvalue weighted by Gasteiger charge is -2.61. The summed E-state index contributed by atoms with van der Waals surface area (Å²) in [6.45, 7) is 14.2. The lowest BCUT2D eigenvalue weighted by molar-refractivity contribution is -0.108. The van der Waals surface area contributed by atoms with Crippen molar-refractivity contribution in [1.29, 1.82) is 0 Å². The second kappa shape index (κ2) is 10.9. The number of halogens is 1. The van der Waals surface area contributed by atoms with E-state index in [9.17, 15) is 9.18 Å². The number of nitrogens with zero attached hydrogens (tertiary/aromatic N) is 4. The summed E-state index contributed by atoms with van der Waals surface area (Å²) >= 11 is 0. The van der Waals surface area contributed by atoms with E-state index in [-0.39, 0.29) is 17.4 Å². The van der Waals surface area contributed by atoms with Crippen molar-refractivity contribution < 1.29 is 4.39 Å². The van der Waals surface area contributed by atoms with E-state index in [2.05, 4.69) is 48.2 Å². The fourth-order valence-corrected chi connectivity index (χ4v) is 7.48. The molecule has 7 nitrogen and oxygen atoms in total. The monoisotopic (exact) mass is 558 g/mol. The van der Waals surface area contributed by atoms with E-state index in [0.717, 1.165) is 55.1 Å². The normalized spacial score (nSPS) is 28.3. The van der Waals surface area contributed by atoms with Gasteiger partial charge < -0.3 is 15.5 Å². The van der Waals surface area contributed by atoms with E-state index in [4.69, 9.17) is 4.99 Å². The molecule has 1 aliphatic heterocycles. The largest absolute Gasteiger partial charge is 0.340 e. The molecular weight excluding hydrogens is 515 g/mol. The Morgan fingerprint density at radius 3 is 2.68 bits per heavy atom. The van der Waals surface area contributed by atoms with Crippen LogP contribution in [0.1, 0.15) is 59.1 Å². The minimum atomic E-state index is -0.260. The van der Waals surface area contributed by atoms with Crippen molar-refractivity contribution in [2.24, 2.45) is 28.2 Å². The van der Waals surface area contributed by atoms with Crippen LogP contribution < -0.4 is 16.2 Å². The zero-order valence-electron chi connectivity index (χ0n) is 24.9. The zero-order valence-corrected chi connectivity index (χ0v) is 24.9. The van der Waals surface area contributed by atoms with Gasteiger partial charge >= 0.3 is 0 Å². The molecule has 8 heteroatoms. The van der Waals surface area contributed by atoms with Gasteiger partial charge in [0.05, 0.1) is 23.3 Å². The molecule has 1 saturated heterocycles. The number of rotatable bonds is 5. The highest BCUT2D eigenvalue weighted by atomic mass is 19.1. The van der Waals surface area contributed by atoms with Gasteiger partial charge in [0.2, 0.25) is 0 Å². The molecule has 3 aromatic rings. The van der Waals surface area contributed by atoms with Crippen molar-refractivity contribution in [2.45, 2.75) is 72.0 Å². The van der Waals surface area contributed by atoms with Crippen molar-refractivity contribution in [3.63, 3.8) is 0 Å². The Balaban J connectivity index is 1.25. The number of aromatic nitrogens is 2. The van der Waals surface area contributed by atoms with E-state index in [0.29, 0.717) is 40.7 Å². The summed E-state index contributed by atoms with van der Waals surface area (Å²) in [5.41, 5.74) is 2.88. The Labute approximate surface area is 242 Å². The summed E-state index contributed by atoms with van der Waals surface area (Å²) in [7, 11) is 0. The van der Waals surface area contributed by atoms with Gasteiger partial charge in [-0.2, -0.15) is 0 Å². The molecular formula is C33H43FN6O. The molecule has 3 aliphatic carbocycles. The van der Waals surface area contributed by atoms with Crippen molar-refractivity contribution in [2.75, 3.05) is 25.0 Å². The van der Waals surface area contributed by atoms with Gasteiger partial charge in [-0.05, 0) is 92.2 Å². The second-order valence-electron chi connectivity index (χ2n) is 13.3. The number of hydrogen-bond acceptors (Lipinski definition) is 4. The molecule has 41 heavy (non-hydrogen) atoms. The van der Waals surface area contributed by atoms with E-state index in [1.165, 1.54) is 18.6 Å². The maximum atomic E-state index is 13.4. The first kappa shape index (κ1) is 27.9. The molecule has 2 aromatic carbocycles. The fourth-order valence-electron chi connectivity index (χ4n) is 7.48. The van der Waals surface area contributed by atoms with Crippen LogP contribution >= 0.6 is 0 Å². The Bertz CT molecular complexity index is 1500. The highest BCUT2D eigenvalue weighted by Gasteiger charge is 2.56. The third-order valence-corrected chi connectivity index (χ3v) is 10.2. The first-order chi connectivity index (χ1) is 19.6. The van der Waals surface area contributed by atoms with Crippen molar-refractivity contribution in [3.05, 3.63) is 70.5 Å². The zero-order chi connectivity index (χ0) is 28.9. The molecule has 1 unspecified atom stereocenters. The molecule has 6 atom stereocenters. The van der Waals surface area contributed by atoms with E-state index in [1.807, 2.05) is 25.1 Å². The number of benzene rings is 2. The molecule has 4 aliphatic rings. The number of hydrogen-bond donors (Lipinski definition) is 2. The van der Waals surface area contributed by atoms with Crippen molar-refractivity contribution in [1.82, 2.24) is 19.8 Å². The highest BCUT2D eigenvalue weighted by Crippen LogP contribution is 2.61. The number of nitrogens with one attached hydrogen (secondary N) is 2. The predicted molar refractivity (Wildman–Crippen MR) is 164 cm³/mol. The van der Waals surface area contributed by atoms with Crippen LogP contribution in [0.3, 0.4) is 0 Å². The van der Waals surface area contributed by atoms with E-state index < -0.39 is 0 Å². The second-order valence-corrected chi connectivity index (χ2v) is 13.3. The molecule has 4 fully saturated rings. The van der Waals surface area contributed by atoms with Gasteiger partial charge in [0.1, 0.15) is 5.82 Å². The molecule has 0 spiro atoms. The molecule has 3 saturated carbocycles. The highest BCUT2D eigenvalue weighted by molar-refractivity contribution is 5.96. The number of guanidine groups is 1. The molecule has 2 bridgehead atoms. The summed E-state index contributed by atoms with van der Waals surface area (Å²) in [6, 6.07) is 12.8. The lowest BCUT2D eigenvalue weighted by atomic mass is 9.45. The number of aliphatic imine (C=N–C) groups is 1. The van der Waals surface area contributed by atoms with Crippen LogP contribution in [0.15, 0.2) is 58.6 Å². The van der Waals surface area contributed by atoms with E-state index in [1.54, 1.807) is 23.0 Å². The molecule has 0 amide bonds. The van der Waals surface area contributed by atoms with Crippen molar-refractivity contribution >= 4 is 22.5 Å².